The maximum absolute atomic E-state index is 9.18. The van der Waals surface area contributed by atoms with Gasteiger partial charge >= 0.3 is 0 Å². The summed E-state index contributed by atoms with van der Waals surface area (Å²) >= 11 is 12.8. The first-order valence-electron chi connectivity index (χ1n) is 9.40. The van der Waals surface area contributed by atoms with E-state index in [4.69, 9.17) is 23.2 Å². The molecule has 0 saturated carbocycles. The van der Waals surface area contributed by atoms with Gasteiger partial charge in [-0.25, -0.2) is 0 Å². The molecule has 1 atom stereocenters. The van der Waals surface area contributed by atoms with Crippen molar-refractivity contribution in [2.75, 3.05) is 24.5 Å². The third-order valence-corrected chi connectivity index (χ3v) is 5.70. The Morgan fingerprint density at radius 1 is 1.19 bits per heavy atom. The number of likely N-dealkylation sites (tertiary alicyclic amines) is 1. The number of hydrogen-bond donors (Lipinski definition) is 0. The van der Waals surface area contributed by atoms with Crippen molar-refractivity contribution in [1.82, 2.24) is 4.90 Å². The Morgan fingerprint density at radius 2 is 1.96 bits per heavy atom. The van der Waals surface area contributed by atoms with Gasteiger partial charge in [-0.05, 0) is 42.2 Å². The van der Waals surface area contributed by atoms with Gasteiger partial charge in [0.15, 0.2) is 0 Å². The predicted molar refractivity (Wildman–Crippen MR) is 113 cm³/mol. The molecule has 0 aliphatic carbocycles. The number of nitriles is 1. The molecule has 2 aromatic carbocycles. The minimum Gasteiger partial charge on any atom is -0.363 e. The zero-order valence-corrected chi connectivity index (χ0v) is 17.3. The van der Waals surface area contributed by atoms with E-state index in [1.165, 1.54) is 0 Å². The normalized spacial score (nSPS) is 17.3. The SMILES string of the molecule is CC(C)CN1CCC(N(Cc2ccccc2Cl)c2ccc(C#N)c(Cl)c2)C1. The van der Waals surface area contributed by atoms with Crippen molar-refractivity contribution in [3.8, 4) is 6.07 Å². The topological polar surface area (TPSA) is 30.3 Å². The second-order valence-corrected chi connectivity index (χ2v) is 8.41. The van der Waals surface area contributed by atoms with Crippen molar-refractivity contribution >= 4 is 28.9 Å². The van der Waals surface area contributed by atoms with Crippen LogP contribution in [0.15, 0.2) is 42.5 Å². The summed E-state index contributed by atoms with van der Waals surface area (Å²) in [5.41, 5.74) is 2.64. The third-order valence-electron chi connectivity index (χ3n) is 5.01. The van der Waals surface area contributed by atoms with E-state index >= 15 is 0 Å². The molecule has 2 aromatic rings. The lowest BCUT2D eigenvalue weighted by molar-refractivity contribution is 0.293. The first kappa shape index (κ1) is 20.0. The fourth-order valence-corrected chi connectivity index (χ4v) is 4.18. The molecule has 3 nitrogen and oxygen atoms in total. The van der Waals surface area contributed by atoms with Crippen LogP contribution in [0.3, 0.4) is 0 Å². The third kappa shape index (κ3) is 4.96. The lowest BCUT2D eigenvalue weighted by Gasteiger charge is -2.32. The zero-order valence-electron chi connectivity index (χ0n) is 15.8. The van der Waals surface area contributed by atoms with Crippen LogP contribution in [0.2, 0.25) is 10.0 Å². The number of nitrogens with zero attached hydrogens (tertiary/aromatic N) is 3. The van der Waals surface area contributed by atoms with E-state index in [1.807, 2.05) is 30.3 Å². The minimum absolute atomic E-state index is 0.393. The van der Waals surface area contributed by atoms with E-state index in [2.05, 4.69) is 35.8 Å². The molecule has 142 valence electrons. The van der Waals surface area contributed by atoms with Crippen molar-refractivity contribution in [3.05, 3.63) is 63.6 Å². The van der Waals surface area contributed by atoms with Crippen LogP contribution < -0.4 is 4.90 Å². The Balaban J connectivity index is 1.89. The summed E-state index contributed by atoms with van der Waals surface area (Å²) in [6.45, 7) is 8.49. The van der Waals surface area contributed by atoms with Crippen molar-refractivity contribution < 1.29 is 0 Å². The highest BCUT2D eigenvalue weighted by atomic mass is 35.5. The molecule has 0 aromatic heterocycles. The summed E-state index contributed by atoms with van der Waals surface area (Å²) < 4.78 is 0. The second-order valence-electron chi connectivity index (χ2n) is 7.59. The van der Waals surface area contributed by atoms with Gasteiger partial charge in [0.25, 0.3) is 0 Å². The standard InChI is InChI=1S/C22H25Cl2N3/c1-16(2)13-26-10-9-20(15-26)27(14-18-5-3-4-6-21(18)23)19-8-7-17(12-25)22(24)11-19/h3-8,11,16,20H,9-10,13-15H2,1-2H3. The van der Waals surface area contributed by atoms with Crippen LogP contribution >= 0.6 is 23.2 Å². The molecule has 0 N–H and O–H groups in total. The quantitative estimate of drug-likeness (QED) is 0.630. The molecule has 1 aliphatic heterocycles. The van der Waals surface area contributed by atoms with Gasteiger partial charge in [-0.2, -0.15) is 5.26 Å². The molecule has 5 heteroatoms. The van der Waals surface area contributed by atoms with Crippen molar-refractivity contribution in [2.24, 2.45) is 5.92 Å². The zero-order chi connectivity index (χ0) is 19.4. The number of benzene rings is 2. The molecule has 0 radical (unpaired) electrons. The molecule has 0 bridgehead atoms. The van der Waals surface area contributed by atoms with Crippen LogP contribution in [-0.2, 0) is 6.54 Å². The van der Waals surface area contributed by atoms with Gasteiger partial charge in [-0.3, -0.25) is 0 Å². The molecular formula is C22H25Cl2N3. The van der Waals surface area contributed by atoms with E-state index in [0.717, 1.165) is 48.9 Å². The highest BCUT2D eigenvalue weighted by Crippen LogP contribution is 2.30. The van der Waals surface area contributed by atoms with Gasteiger partial charge in [-0.1, -0.05) is 55.2 Å². The summed E-state index contributed by atoms with van der Waals surface area (Å²) in [4.78, 5) is 4.91. The maximum atomic E-state index is 9.18. The summed E-state index contributed by atoms with van der Waals surface area (Å²) in [7, 11) is 0. The van der Waals surface area contributed by atoms with Crippen LogP contribution in [-0.4, -0.2) is 30.6 Å². The lowest BCUT2D eigenvalue weighted by Crippen LogP contribution is -2.38. The van der Waals surface area contributed by atoms with Gasteiger partial charge in [0.05, 0.1) is 10.6 Å². The highest BCUT2D eigenvalue weighted by Gasteiger charge is 2.29. The van der Waals surface area contributed by atoms with E-state index in [0.29, 0.717) is 22.5 Å². The van der Waals surface area contributed by atoms with Gasteiger partial charge in [0, 0.05) is 42.9 Å². The molecule has 0 spiro atoms. The average molecular weight is 402 g/mol. The largest absolute Gasteiger partial charge is 0.363 e. The molecule has 3 rings (SSSR count). The number of anilines is 1. The number of halogens is 2. The second kappa shape index (κ2) is 8.97. The van der Waals surface area contributed by atoms with Crippen molar-refractivity contribution in [1.29, 1.82) is 5.26 Å². The van der Waals surface area contributed by atoms with E-state index < -0.39 is 0 Å². The van der Waals surface area contributed by atoms with Crippen molar-refractivity contribution in [2.45, 2.75) is 32.9 Å². The maximum Gasteiger partial charge on any atom is 0.101 e. The van der Waals surface area contributed by atoms with E-state index in [1.54, 1.807) is 6.07 Å². The molecule has 1 saturated heterocycles. The molecule has 0 amide bonds. The van der Waals surface area contributed by atoms with Crippen LogP contribution in [0.25, 0.3) is 0 Å². The first-order valence-corrected chi connectivity index (χ1v) is 10.2. The average Bonchev–Trinajstić information content (AvgIpc) is 3.08. The van der Waals surface area contributed by atoms with Crippen LogP contribution in [0, 0.1) is 17.2 Å². The van der Waals surface area contributed by atoms with Gasteiger partial charge in [0.2, 0.25) is 0 Å². The summed E-state index contributed by atoms with van der Waals surface area (Å²) in [6.07, 6.45) is 1.11. The molecule has 1 fully saturated rings. The Morgan fingerprint density at radius 3 is 2.63 bits per heavy atom. The van der Waals surface area contributed by atoms with Crippen LogP contribution in [0.5, 0.6) is 0 Å². The van der Waals surface area contributed by atoms with Gasteiger partial charge < -0.3 is 9.80 Å². The van der Waals surface area contributed by atoms with Gasteiger partial charge in [0.1, 0.15) is 6.07 Å². The lowest BCUT2D eigenvalue weighted by atomic mass is 10.1. The molecule has 1 heterocycles. The fourth-order valence-electron chi connectivity index (χ4n) is 3.76. The Bertz CT molecular complexity index is 829. The Kier molecular flexibility index (Phi) is 6.65. The fraction of sp³-hybridized carbons (Fsp3) is 0.409. The summed E-state index contributed by atoms with van der Waals surface area (Å²) in [5.74, 6) is 0.658. The molecule has 1 unspecified atom stereocenters. The van der Waals surface area contributed by atoms with Crippen molar-refractivity contribution in [3.63, 3.8) is 0 Å². The van der Waals surface area contributed by atoms with E-state index in [-0.39, 0.29) is 0 Å². The van der Waals surface area contributed by atoms with Crippen LogP contribution in [0.1, 0.15) is 31.4 Å². The summed E-state index contributed by atoms with van der Waals surface area (Å²) in [6, 6.07) is 16.2. The van der Waals surface area contributed by atoms with Gasteiger partial charge in [-0.15, -0.1) is 0 Å². The predicted octanol–water partition coefficient (Wildman–Crippen LogP) is 5.60. The molecule has 1 aliphatic rings. The number of hydrogen-bond acceptors (Lipinski definition) is 3. The minimum atomic E-state index is 0.393. The summed E-state index contributed by atoms with van der Waals surface area (Å²) in [5, 5.41) is 10.5. The smallest absolute Gasteiger partial charge is 0.101 e. The Labute approximate surface area is 172 Å². The van der Waals surface area contributed by atoms with E-state index in [9.17, 15) is 5.26 Å². The Hall–Kier alpha value is -1.73. The first-order chi connectivity index (χ1) is 13.0. The van der Waals surface area contributed by atoms with Crippen LogP contribution in [0.4, 0.5) is 5.69 Å². The monoisotopic (exact) mass is 401 g/mol. The molecular weight excluding hydrogens is 377 g/mol. The highest BCUT2D eigenvalue weighted by molar-refractivity contribution is 6.32. The number of rotatable bonds is 6. The molecule has 27 heavy (non-hydrogen) atoms.